The number of alkyl halides is 2. The summed E-state index contributed by atoms with van der Waals surface area (Å²) in [6.45, 7) is -1.63. The van der Waals surface area contributed by atoms with Crippen LogP contribution in [0.4, 0.5) is 8.78 Å². The summed E-state index contributed by atoms with van der Waals surface area (Å²) in [5.74, 6) is 0. The second-order valence-corrected chi connectivity index (χ2v) is 1.64. The van der Waals surface area contributed by atoms with Crippen molar-refractivity contribution < 1.29 is 8.78 Å². The SMILES string of the molecule is N#CC1[CH]N(C(F)F)[C]=N1. The van der Waals surface area contributed by atoms with Gasteiger partial charge >= 0.3 is 6.55 Å². The first kappa shape index (κ1) is 6.93. The van der Waals surface area contributed by atoms with Crippen LogP contribution in [0.15, 0.2) is 4.99 Å². The van der Waals surface area contributed by atoms with Crippen LogP contribution in [0.25, 0.3) is 0 Å². The molecule has 0 spiro atoms. The lowest BCUT2D eigenvalue weighted by molar-refractivity contribution is 0.0444. The number of hydrogen-bond acceptors (Lipinski definition) is 3. The zero-order valence-electron chi connectivity index (χ0n) is 4.83. The Morgan fingerprint density at radius 2 is 2.50 bits per heavy atom. The molecule has 0 saturated carbocycles. The molecule has 0 bridgehead atoms. The van der Waals surface area contributed by atoms with E-state index in [1.54, 1.807) is 6.07 Å². The molecule has 1 aliphatic rings. The van der Waals surface area contributed by atoms with Crippen LogP contribution in [0.2, 0.25) is 0 Å². The Labute approximate surface area is 56.6 Å². The zero-order valence-corrected chi connectivity index (χ0v) is 4.83. The highest BCUT2D eigenvalue weighted by molar-refractivity contribution is 5.60. The maximum Gasteiger partial charge on any atom is 0.316 e. The van der Waals surface area contributed by atoms with Gasteiger partial charge < -0.3 is 0 Å². The Balaban J connectivity index is 2.47. The number of nitriles is 1. The molecule has 0 aromatic heterocycles. The van der Waals surface area contributed by atoms with Crippen LogP contribution in [0.3, 0.4) is 0 Å². The highest BCUT2D eigenvalue weighted by Gasteiger charge is 2.24. The molecule has 0 aliphatic carbocycles. The average molecular weight is 143 g/mol. The average Bonchev–Trinajstić information content (AvgIpc) is 2.34. The molecule has 0 amide bonds. The summed E-state index contributed by atoms with van der Waals surface area (Å²) in [5, 5.41) is 8.18. The lowest BCUT2D eigenvalue weighted by Gasteiger charge is -2.09. The third-order valence-electron chi connectivity index (χ3n) is 0.957. The van der Waals surface area contributed by atoms with Gasteiger partial charge in [0.05, 0.1) is 12.6 Å². The van der Waals surface area contributed by atoms with E-state index in [1.165, 1.54) is 0 Å². The molecule has 0 aromatic rings. The second kappa shape index (κ2) is 2.60. The smallest absolute Gasteiger partial charge is 0.289 e. The molecule has 5 heteroatoms. The molecular formula is C5H3F2N3. The van der Waals surface area contributed by atoms with E-state index in [0.717, 1.165) is 6.54 Å². The number of halogens is 2. The number of aliphatic imine (C=N–C) groups is 1. The van der Waals surface area contributed by atoms with E-state index < -0.39 is 12.6 Å². The molecule has 10 heavy (non-hydrogen) atoms. The molecule has 0 N–H and O–H groups in total. The van der Waals surface area contributed by atoms with Crippen LogP contribution in [0, 0.1) is 17.9 Å². The van der Waals surface area contributed by atoms with Crippen LogP contribution in [0.5, 0.6) is 0 Å². The van der Waals surface area contributed by atoms with Gasteiger partial charge in [-0.3, -0.25) is 4.90 Å². The molecule has 1 unspecified atom stereocenters. The minimum Gasteiger partial charge on any atom is -0.289 e. The highest BCUT2D eigenvalue weighted by Crippen LogP contribution is 2.12. The van der Waals surface area contributed by atoms with E-state index >= 15 is 0 Å². The summed E-state index contributed by atoms with van der Waals surface area (Å²) in [6.07, 6.45) is 1.99. The fourth-order valence-corrected chi connectivity index (χ4v) is 0.519. The molecule has 1 heterocycles. The van der Waals surface area contributed by atoms with Gasteiger partial charge in [0.2, 0.25) is 0 Å². The van der Waals surface area contributed by atoms with Crippen molar-refractivity contribution in [1.82, 2.24) is 4.90 Å². The fraction of sp³-hybridized carbons (Fsp3) is 0.400. The van der Waals surface area contributed by atoms with Crippen molar-refractivity contribution in [2.75, 3.05) is 0 Å². The Bertz CT molecular complexity index is 184. The maximum atomic E-state index is 11.7. The molecular weight excluding hydrogens is 140 g/mol. The van der Waals surface area contributed by atoms with Gasteiger partial charge in [-0.05, 0) is 0 Å². The van der Waals surface area contributed by atoms with E-state index in [-0.39, 0.29) is 0 Å². The van der Waals surface area contributed by atoms with E-state index in [4.69, 9.17) is 5.26 Å². The first-order chi connectivity index (χ1) is 4.74. The third kappa shape index (κ3) is 1.21. The third-order valence-corrected chi connectivity index (χ3v) is 0.957. The summed E-state index contributed by atoms with van der Waals surface area (Å²) in [5.41, 5.74) is 0. The fourth-order valence-electron chi connectivity index (χ4n) is 0.519. The summed E-state index contributed by atoms with van der Waals surface area (Å²) in [4.78, 5) is 3.82. The zero-order chi connectivity index (χ0) is 7.56. The Hall–Kier alpha value is -1.18. The number of nitrogens with zero attached hydrogens (tertiary/aromatic N) is 3. The summed E-state index contributed by atoms with van der Waals surface area (Å²) in [7, 11) is 0. The van der Waals surface area contributed by atoms with Crippen molar-refractivity contribution in [1.29, 1.82) is 5.26 Å². The van der Waals surface area contributed by atoms with Crippen molar-refractivity contribution >= 4 is 6.34 Å². The Kier molecular flexibility index (Phi) is 1.81. The minimum absolute atomic E-state index is 0.480. The van der Waals surface area contributed by atoms with Crippen LogP contribution < -0.4 is 0 Å². The molecule has 52 valence electrons. The van der Waals surface area contributed by atoms with E-state index in [2.05, 4.69) is 4.99 Å². The van der Waals surface area contributed by atoms with Crippen molar-refractivity contribution in [2.45, 2.75) is 12.6 Å². The van der Waals surface area contributed by atoms with E-state index in [9.17, 15) is 8.78 Å². The van der Waals surface area contributed by atoms with Gasteiger partial charge in [0.25, 0.3) is 0 Å². The minimum atomic E-state index is -2.65. The molecule has 1 atom stereocenters. The molecule has 1 rings (SSSR count). The Morgan fingerprint density at radius 1 is 1.80 bits per heavy atom. The van der Waals surface area contributed by atoms with Gasteiger partial charge in [-0.25, -0.2) is 4.99 Å². The first-order valence-corrected chi connectivity index (χ1v) is 2.50. The van der Waals surface area contributed by atoms with Crippen molar-refractivity contribution in [3.05, 3.63) is 6.54 Å². The van der Waals surface area contributed by atoms with Crippen LogP contribution >= 0.6 is 0 Å². The van der Waals surface area contributed by atoms with Crippen LogP contribution in [0.1, 0.15) is 0 Å². The Morgan fingerprint density at radius 3 is 2.80 bits per heavy atom. The molecule has 1 aliphatic heterocycles. The maximum absolute atomic E-state index is 11.7. The van der Waals surface area contributed by atoms with Crippen LogP contribution in [-0.4, -0.2) is 23.8 Å². The van der Waals surface area contributed by atoms with Gasteiger partial charge in [-0.2, -0.15) is 14.0 Å². The van der Waals surface area contributed by atoms with Gasteiger partial charge in [-0.1, -0.05) is 0 Å². The molecule has 0 saturated heterocycles. The summed E-state index contributed by atoms with van der Waals surface area (Å²) >= 11 is 0. The van der Waals surface area contributed by atoms with Gasteiger partial charge in [-0.15, -0.1) is 0 Å². The van der Waals surface area contributed by atoms with Crippen molar-refractivity contribution in [3.63, 3.8) is 0 Å². The highest BCUT2D eigenvalue weighted by atomic mass is 19.3. The standard InChI is InChI=1S/C5H3F2N3/c6-5(7)10-2-4(1-8)9-3-10/h2,4-5H. The normalized spacial score (nSPS) is 23.8. The summed E-state index contributed by atoms with van der Waals surface area (Å²) < 4.78 is 23.4. The molecule has 0 aromatic carbocycles. The van der Waals surface area contributed by atoms with Gasteiger partial charge in [0.15, 0.2) is 12.4 Å². The molecule has 3 nitrogen and oxygen atoms in total. The number of hydrogen-bond donors (Lipinski definition) is 0. The van der Waals surface area contributed by atoms with Crippen molar-refractivity contribution in [2.24, 2.45) is 4.99 Å². The monoisotopic (exact) mass is 143 g/mol. The quantitative estimate of drug-likeness (QED) is 0.501. The van der Waals surface area contributed by atoms with Gasteiger partial charge in [0, 0.05) is 0 Å². The lowest BCUT2D eigenvalue weighted by atomic mass is 10.3. The first-order valence-electron chi connectivity index (χ1n) is 2.50. The van der Waals surface area contributed by atoms with Crippen molar-refractivity contribution in [3.8, 4) is 6.07 Å². The predicted molar refractivity (Wildman–Crippen MR) is 29.0 cm³/mol. The predicted octanol–water partition coefficient (Wildman–Crippen LogP) is 0.484. The van der Waals surface area contributed by atoms with Gasteiger partial charge in [0.1, 0.15) is 0 Å². The molecule has 2 radical (unpaired) electrons. The van der Waals surface area contributed by atoms with Crippen LogP contribution in [-0.2, 0) is 0 Å². The van der Waals surface area contributed by atoms with E-state index in [1.807, 2.05) is 6.34 Å². The van der Waals surface area contributed by atoms with E-state index in [0.29, 0.717) is 4.90 Å². The lowest BCUT2D eigenvalue weighted by Crippen LogP contribution is -2.23. The number of rotatable bonds is 1. The summed E-state index contributed by atoms with van der Waals surface area (Å²) in [6, 6.07) is 0.892. The molecule has 0 fully saturated rings. The topological polar surface area (TPSA) is 39.4 Å². The largest absolute Gasteiger partial charge is 0.316 e. The second-order valence-electron chi connectivity index (χ2n) is 1.64.